The van der Waals surface area contributed by atoms with Crippen LogP contribution in [0.2, 0.25) is 5.02 Å². The summed E-state index contributed by atoms with van der Waals surface area (Å²) >= 11 is 6.00. The van der Waals surface area contributed by atoms with Gasteiger partial charge >= 0.3 is 0 Å². The van der Waals surface area contributed by atoms with E-state index < -0.39 is 0 Å². The summed E-state index contributed by atoms with van der Waals surface area (Å²) in [5, 5.41) is 4.64. The summed E-state index contributed by atoms with van der Waals surface area (Å²) < 4.78 is 21.5. The Hall–Kier alpha value is -2.73. The van der Waals surface area contributed by atoms with E-state index in [4.69, 9.17) is 30.3 Å². The lowest BCUT2D eigenvalue weighted by atomic mass is 10.2. The quantitative estimate of drug-likeness (QED) is 0.653. The Labute approximate surface area is 150 Å². The van der Waals surface area contributed by atoms with Gasteiger partial charge in [0.1, 0.15) is 17.2 Å². The smallest absolute Gasteiger partial charge is 0.258 e. The molecule has 0 aliphatic carbocycles. The number of hydrogen-bond acceptors (Lipinski definition) is 6. The maximum atomic E-state index is 6.00. The van der Waals surface area contributed by atoms with Crippen molar-refractivity contribution in [2.75, 3.05) is 14.2 Å². The standard InChI is InChI=1S/C18H17ClN2O4/c1-11-6-13(4-5-16(11)19)24-10-17-20-18(25-21-17)12-7-14(22-2)9-15(8-12)23-3/h4-9H,10H2,1-3H3. The van der Waals surface area contributed by atoms with Gasteiger partial charge in [-0.15, -0.1) is 0 Å². The minimum Gasteiger partial charge on any atom is -0.497 e. The Morgan fingerprint density at radius 2 is 1.72 bits per heavy atom. The molecule has 0 atom stereocenters. The zero-order chi connectivity index (χ0) is 17.8. The van der Waals surface area contributed by atoms with Crippen molar-refractivity contribution >= 4 is 11.6 Å². The molecule has 3 rings (SSSR count). The van der Waals surface area contributed by atoms with Crippen molar-refractivity contribution in [3.8, 4) is 28.7 Å². The molecule has 2 aromatic carbocycles. The first-order chi connectivity index (χ1) is 12.1. The first kappa shape index (κ1) is 17.1. The molecule has 3 aromatic rings. The van der Waals surface area contributed by atoms with Gasteiger partial charge in [-0.3, -0.25) is 0 Å². The molecule has 0 N–H and O–H groups in total. The summed E-state index contributed by atoms with van der Waals surface area (Å²) in [6.45, 7) is 2.10. The van der Waals surface area contributed by atoms with Crippen molar-refractivity contribution < 1.29 is 18.7 Å². The Bertz CT molecular complexity index is 857. The molecule has 0 aliphatic rings. The average Bonchev–Trinajstić information content (AvgIpc) is 3.11. The largest absolute Gasteiger partial charge is 0.497 e. The van der Waals surface area contributed by atoms with Gasteiger partial charge in [-0.25, -0.2) is 0 Å². The fraction of sp³-hybridized carbons (Fsp3) is 0.222. The van der Waals surface area contributed by atoms with Gasteiger partial charge in [-0.1, -0.05) is 16.8 Å². The van der Waals surface area contributed by atoms with Crippen LogP contribution in [-0.2, 0) is 6.61 Å². The summed E-state index contributed by atoms with van der Waals surface area (Å²) in [6, 6.07) is 10.8. The lowest BCUT2D eigenvalue weighted by Crippen LogP contribution is -1.98. The first-order valence-electron chi connectivity index (χ1n) is 7.54. The lowest BCUT2D eigenvalue weighted by Gasteiger charge is -2.06. The molecule has 0 fully saturated rings. The normalized spacial score (nSPS) is 10.6. The van der Waals surface area contributed by atoms with Crippen LogP contribution in [0.5, 0.6) is 17.2 Å². The van der Waals surface area contributed by atoms with Gasteiger partial charge in [0.05, 0.1) is 14.2 Å². The molecule has 1 aromatic heterocycles. The van der Waals surface area contributed by atoms with E-state index in [2.05, 4.69) is 10.1 Å². The van der Waals surface area contributed by atoms with Gasteiger partial charge in [0, 0.05) is 16.7 Å². The van der Waals surface area contributed by atoms with Crippen LogP contribution < -0.4 is 14.2 Å². The van der Waals surface area contributed by atoms with Crippen LogP contribution in [0, 0.1) is 6.92 Å². The van der Waals surface area contributed by atoms with Crippen molar-refractivity contribution in [2.45, 2.75) is 13.5 Å². The molecule has 0 bridgehead atoms. The maximum absolute atomic E-state index is 6.00. The maximum Gasteiger partial charge on any atom is 0.258 e. The molecule has 0 spiro atoms. The summed E-state index contributed by atoms with van der Waals surface area (Å²) in [5.74, 6) is 2.77. The second-order valence-corrected chi connectivity index (χ2v) is 5.72. The van der Waals surface area contributed by atoms with Crippen molar-refractivity contribution in [3.63, 3.8) is 0 Å². The number of aromatic nitrogens is 2. The first-order valence-corrected chi connectivity index (χ1v) is 7.92. The summed E-state index contributed by atoms with van der Waals surface area (Å²) in [5.41, 5.74) is 1.65. The molecule has 25 heavy (non-hydrogen) atoms. The Balaban J connectivity index is 1.75. The highest BCUT2D eigenvalue weighted by Crippen LogP contribution is 2.29. The number of hydrogen-bond donors (Lipinski definition) is 0. The minimum atomic E-state index is 0.186. The van der Waals surface area contributed by atoms with Crippen LogP contribution in [0.15, 0.2) is 40.9 Å². The molecule has 1 heterocycles. The third kappa shape index (κ3) is 4.03. The molecule has 0 saturated carbocycles. The van der Waals surface area contributed by atoms with Crippen molar-refractivity contribution in [1.82, 2.24) is 10.1 Å². The fourth-order valence-corrected chi connectivity index (χ4v) is 2.33. The van der Waals surface area contributed by atoms with Crippen LogP contribution in [0.4, 0.5) is 0 Å². The van der Waals surface area contributed by atoms with Crippen LogP contribution in [0.3, 0.4) is 0 Å². The van der Waals surface area contributed by atoms with Gasteiger partial charge in [0.15, 0.2) is 6.61 Å². The van der Waals surface area contributed by atoms with E-state index in [0.29, 0.717) is 39.5 Å². The number of ether oxygens (including phenoxy) is 3. The molecule has 6 nitrogen and oxygen atoms in total. The molecular formula is C18H17ClN2O4. The molecular weight excluding hydrogens is 344 g/mol. The Kier molecular flexibility index (Phi) is 5.09. The second kappa shape index (κ2) is 7.44. The van der Waals surface area contributed by atoms with E-state index in [1.54, 1.807) is 44.6 Å². The SMILES string of the molecule is COc1cc(OC)cc(-c2nc(COc3ccc(Cl)c(C)c3)no2)c1. The van der Waals surface area contributed by atoms with E-state index in [1.165, 1.54) is 0 Å². The monoisotopic (exact) mass is 360 g/mol. The predicted molar refractivity (Wildman–Crippen MR) is 93.4 cm³/mol. The molecule has 0 saturated heterocycles. The number of benzene rings is 2. The molecule has 0 aliphatic heterocycles. The summed E-state index contributed by atoms with van der Waals surface area (Å²) in [6.07, 6.45) is 0. The van der Waals surface area contributed by atoms with Crippen molar-refractivity contribution in [2.24, 2.45) is 0 Å². The second-order valence-electron chi connectivity index (χ2n) is 5.32. The van der Waals surface area contributed by atoms with Gasteiger partial charge < -0.3 is 18.7 Å². The Morgan fingerprint density at radius 3 is 2.36 bits per heavy atom. The number of aryl methyl sites for hydroxylation is 1. The zero-order valence-corrected chi connectivity index (χ0v) is 14.8. The lowest BCUT2D eigenvalue weighted by molar-refractivity contribution is 0.287. The van der Waals surface area contributed by atoms with Crippen molar-refractivity contribution in [1.29, 1.82) is 0 Å². The number of nitrogens with zero attached hydrogens (tertiary/aromatic N) is 2. The fourth-order valence-electron chi connectivity index (χ4n) is 2.22. The molecule has 0 amide bonds. The number of rotatable bonds is 6. The van der Waals surface area contributed by atoms with E-state index in [9.17, 15) is 0 Å². The van der Waals surface area contributed by atoms with E-state index in [0.717, 1.165) is 5.56 Å². The molecule has 0 unspecified atom stereocenters. The zero-order valence-electron chi connectivity index (χ0n) is 14.1. The highest BCUT2D eigenvalue weighted by molar-refractivity contribution is 6.31. The molecule has 7 heteroatoms. The van der Waals surface area contributed by atoms with E-state index >= 15 is 0 Å². The van der Waals surface area contributed by atoms with Gasteiger partial charge in [0.25, 0.3) is 5.89 Å². The predicted octanol–water partition coefficient (Wildman–Crippen LogP) is 4.29. The van der Waals surface area contributed by atoms with E-state index in [-0.39, 0.29) is 6.61 Å². The van der Waals surface area contributed by atoms with E-state index in [1.807, 2.05) is 13.0 Å². The average molecular weight is 361 g/mol. The summed E-state index contributed by atoms with van der Waals surface area (Å²) in [4.78, 5) is 4.35. The van der Waals surface area contributed by atoms with Crippen LogP contribution in [-0.4, -0.2) is 24.4 Å². The topological polar surface area (TPSA) is 66.6 Å². The molecule has 0 radical (unpaired) electrons. The molecule has 130 valence electrons. The van der Waals surface area contributed by atoms with Crippen LogP contribution in [0.25, 0.3) is 11.5 Å². The number of methoxy groups -OCH3 is 2. The van der Waals surface area contributed by atoms with Gasteiger partial charge in [-0.05, 0) is 42.8 Å². The van der Waals surface area contributed by atoms with Crippen LogP contribution in [0.1, 0.15) is 11.4 Å². The van der Waals surface area contributed by atoms with Crippen molar-refractivity contribution in [3.05, 3.63) is 52.8 Å². The minimum absolute atomic E-state index is 0.186. The number of halogens is 1. The third-order valence-electron chi connectivity index (χ3n) is 3.56. The highest BCUT2D eigenvalue weighted by atomic mass is 35.5. The van der Waals surface area contributed by atoms with Gasteiger partial charge in [-0.2, -0.15) is 4.98 Å². The van der Waals surface area contributed by atoms with Crippen LogP contribution >= 0.6 is 11.6 Å². The summed E-state index contributed by atoms with van der Waals surface area (Å²) in [7, 11) is 3.17. The highest BCUT2D eigenvalue weighted by Gasteiger charge is 2.12. The van der Waals surface area contributed by atoms with Gasteiger partial charge in [0.2, 0.25) is 5.82 Å². The third-order valence-corrected chi connectivity index (χ3v) is 3.99. The Morgan fingerprint density at radius 1 is 1.00 bits per heavy atom.